The maximum Gasteiger partial charge on any atom is 0.257 e. The number of nitrogens with one attached hydrogen (secondary N) is 2. The third kappa shape index (κ3) is 5.20. The zero-order valence-corrected chi connectivity index (χ0v) is 16.8. The molecule has 0 radical (unpaired) electrons. The zero-order valence-electron chi connectivity index (χ0n) is 14.4. The third-order valence-corrected chi connectivity index (χ3v) is 6.03. The van der Waals surface area contributed by atoms with Crippen molar-refractivity contribution in [2.75, 3.05) is 5.32 Å². The van der Waals surface area contributed by atoms with Gasteiger partial charge in [-0.05, 0) is 37.6 Å². The Balaban J connectivity index is 2.35. The first kappa shape index (κ1) is 20.7. The highest BCUT2D eigenvalue weighted by Gasteiger charge is 2.24. The molecule has 2 aromatic carbocycles. The lowest BCUT2D eigenvalue weighted by atomic mass is 10.2. The highest BCUT2D eigenvalue weighted by Crippen LogP contribution is 2.29. The van der Waals surface area contributed by atoms with E-state index in [1.807, 2.05) is 13.0 Å². The Bertz CT molecular complexity index is 887. The number of amides is 1. The predicted molar refractivity (Wildman–Crippen MR) is 106 cm³/mol. The van der Waals surface area contributed by atoms with Crippen LogP contribution in [0.5, 0.6) is 0 Å². The first-order chi connectivity index (χ1) is 12.2. The molecule has 0 bridgehead atoms. The van der Waals surface area contributed by atoms with Crippen LogP contribution in [-0.2, 0) is 10.0 Å². The molecular formula is C18H20Cl2N2O3S. The zero-order chi connectivity index (χ0) is 19.3. The van der Waals surface area contributed by atoms with Crippen LogP contribution >= 0.6 is 23.2 Å². The fourth-order valence-electron chi connectivity index (χ4n) is 2.45. The average Bonchev–Trinajstić information content (AvgIpc) is 2.55. The predicted octanol–water partition coefficient (Wildman–Crippen LogP) is 4.71. The summed E-state index contributed by atoms with van der Waals surface area (Å²) in [6.07, 6.45) is 1.52. The topological polar surface area (TPSA) is 75.3 Å². The molecule has 2 aromatic rings. The van der Waals surface area contributed by atoms with Crippen LogP contribution in [0.4, 0.5) is 5.69 Å². The van der Waals surface area contributed by atoms with Crippen LogP contribution < -0.4 is 10.0 Å². The smallest absolute Gasteiger partial charge is 0.257 e. The Hall–Kier alpha value is -1.60. The maximum absolute atomic E-state index is 12.6. The third-order valence-electron chi connectivity index (χ3n) is 3.67. The molecule has 8 heteroatoms. The monoisotopic (exact) mass is 414 g/mol. The second kappa shape index (κ2) is 8.86. The summed E-state index contributed by atoms with van der Waals surface area (Å²) >= 11 is 12.2. The quantitative estimate of drug-likeness (QED) is 0.688. The Labute approximate surface area is 163 Å². The number of hydrogen-bond donors (Lipinski definition) is 2. The molecule has 140 valence electrons. The summed E-state index contributed by atoms with van der Waals surface area (Å²) in [5, 5.41) is 2.71. The van der Waals surface area contributed by atoms with Crippen molar-refractivity contribution in [1.82, 2.24) is 4.72 Å². The van der Waals surface area contributed by atoms with Crippen molar-refractivity contribution in [3.63, 3.8) is 0 Å². The number of para-hydroxylation sites is 1. The van der Waals surface area contributed by atoms with E-state index in [0.29, 0.717) is 12.1 Å². The molecule has 1 atom stereocenters. The van der Waals surface area contributed by atoms with Crippen LogP contribution in [0.2, 0.25) is 10.0 Å². The molecule has 0 aromatic heterocycles. The SMILES string of the molecule is CCC[C@H](C)NS(=O)(=O)c1cc(C(=O)Nc2ccccc2)c(Cl)cc1Cl. The fraction of sp³-hybridized carbons (Fsp3) is 0.278. The lowest BCUT2D eigenvalue weighted by Gasteiger charge is -2.15. The first-order valence-corrected chi connectivity index (χ1v) is 10.4. The normalized spacial score (nSPS) is 12.6. The van der Waals surface area contributed by atoms with Crippen molar-refractivity contribution in [2.45, 2.75) is 37.6 Å². The minimum atomic E-state index is -3.88. The molecule has 0 saturated heterocycles. The Kier molecular flexibility index (Phi) is 7.06. The molecule has 5 nitrogen and oxygen atoms in total. The van der Waals surface area contributed by atoms with Gasteiger partial charge >= 0.3 is 0 Å². The van der Waals surface area contributed by atoms with E-state index in [1.54, 1.807) is 31.2 Å². The first-order valence-electron chi connectivity index (χ1n) is 8.12. The van der Waals surface area contributed by atoms with E-state index in [2.05, 4.69) is 10.0 Å². The second-order valence-electron chi connectivity index (χ2n) is 5.89. The standard InChI is InChI=1S/C18H20Cl2N2O3S/c1-3-7-12(2)22-26(24,25)17-10-14(15(19)11-16(17)20)18(23)21-13-8-5-4-6-9-13/h4-6,8-12,22H,3,7H2,1-2H3,(H,21,23)/t12-/m0/s1. The fourth-order valence-corrected chi connectivity index (χ4v) is 4.59. The van der Waals surface area contributed by atoms with Gasteiger partial charge < -0.3 is 5.32 Å². The van der Waals surface area contributed by atoms with E-state index in [0.717, 1.165) is 6.42 Å². The van der Waals surface area contributed by atoms with Gasteiger partial charge in [0.15, 0.2) is 0 Å². The summed E-state index contributed by atoms with van der Waals surface area (Å²) < 4.78 is 27.8. The van der Waals surface area contributed by atoms with Gasteiger partial charge in [-0.3, -0.25) is 4.79 Å². The van der Waals surface area contributed by atoms with E-state index < -0.39 is 15.9 Å². The largest absolute Gasteiger partial charge is 0.322 e. The van der Waals surface area contributed by atoms with E-state index >= 15 is 0 Å². The Morgan fingerprint density at radius 1 is 1.12 bits per heavy atom. The lowest BCUT2D eigenvalue weighted by molar-refractivity contribution is 0.102. The van der Waals surface area contributed by atoms with Crippen molar-refractivity contribution < 1.29 is 13.2 Å². The minimum Gasteiger partial charge on any atom is -0.322 e. The molecule has 1 amide bonds. The van der Waals surface area contributed by atoms with E-state index in [9.17, 15) is 13.2 Å². The van der Waals surface area contributed by atoms with Crippen LogP contribution in [-0.4, -0.2) is 20.4 Å². The van der Waals surface area contributed by atoms with Gasteiger partial charge in [-0.1, -0.05) is 54.7 Å². The number of anilines is 1. The summed E-state index contributed by atoms with van der Waals surface area (Å²) in [6, 6.07) is 11.0. The molecule has 0 unspecified atom stereocenters. The molecule has 2 N–H and O–H groups in total. The molecule has 26 heavy (non-hydrogen) atoms. The Morgan fingerprint density at radius 2 is 1.77 bits per heavy atom. The van der Waals surface area contributed by atoms with Gasteiger partial charge in [0.2, 0.25) is 10.0 Å². The number of benzene rings is 2. The second-order valence-corrected chi connectivity index (χ2v) is 8.39. The minimum absolute atomic E-state index is 0.0310. The average molecular weight is 415 g/mol. The number of rotatable bonds is 7. The van der Waals surface area contributed by atoms with Crippen molar-refractivity contribution >= 4 is 44.8 Å². The van der Waals surface area contributed by atoms with Gasteiger partial charge in [-0.15, -0.1) is 0 Å². The van der Waals surface area contributed by atoms with Gasteiger partial charge in [0.25, 0.3) is 5.91 Å². The lowest BCUT2D eigenvalue weighted by Crippen LogP contribution is -2.32. The number of sulfonamides is 1. The molecule has 2 rings (SSSR count). The molecule has 0 heterocycles. The van der Waals surface area contributed by atoms with Crippen molar-refractivity contribution in [3.05, 3.63) is 58.1 Å². The molecule has 0 aliphatic carbocycles. The van der Waals surface area contributed by atoms with E-state index in [4.69, 9.17) is 23.2 Å². The number of carbonyl (C=O) groups is 1. The number of carbonyl (C=O) groups excluding carboxylic acids is 1. The van der Waals surface area contributed by atoms with Gasteiger partial charge in [-0.25, -0.2) is 13.1 Å². The highest BCUT2D eigenvalue weighted by atomic mass is 35.5. The van der Waals surface area contributed by atoms with Gasteiger partial charge in [-0.2, -0.15) is 0 Å². The van der Waals surface area contributed by atoms with E-state index in [-0.39, 0.29) is 26.5 Å². The Morgan fingerprint density at radius 3 is 2.38 bits per heavy atom. The number of halogens is 2. The van der Waals surface area contributed by atoms with Crippen LogP contribution in [0.1, 0.15) is 37.0 Å². The van der Waals surface area contributed by atoms with Crippen LogP contribution in [0.3, 0.4) is 0 Å². The summed E-state index contributed by atoms with van der Waals surface area (Å²) in [6.45, 7) is 3.74. The van der Waals surface area contributed by atoms with Crippen molar-refractivity contribution in [1.29, 1.82) is 0 Å². The van der Waals surface area contributed by atoms with E-state index in [1.165, 1.54) is 12.1 Å². The summed E-state index contributed by atoms with van der Waals surface area (Å²) in [7, 11) is -3.88. The summed E-state index contributed by atoms with van der Waals surface area (Å²) in [4.78, 5) is 12.3. The number of hydrogen-bond acceptors (Lipinski definition) is 3. The molecular weight excluding hydrogens is 395 g/mol. The van der Waals surface area contributed by atoms with Crippen LogP contribution in [0.15, 0.2) is 47.4 Å². The molecule has 0 aliphatic rings. The van der Waals surface area contributed by atoms with Gasteiger partial charge in [0.05, 0.1) is 15.6 Å². The van der Waals surface area contributed by atoms with Gasteiger partial charge in [0, 0.05) is 11.7 Å². The highest BCUT2D eigenvalue weighted by molar-refractivity contribution is 7.89. The van der Waals surface area contributed by atoms with Crippen LogP contribution in [0.25, 0.3) is 0 Å². The molecule has 0 saturated carbocycles. The summed E-state index contributed by atoms with van der Waals surface area (Å²) in [5.74, 6) is -0.518. The molecule has 0 spiro atoms. The van der Waals surface area contributed by atoms with Gasteiger partial charge in [0.1, 0.15) is 4.90 Å². The molecule has 0 fully saturated rings. The van der Waals surface area contributed by atoms with Crippen LogP contribution in [0, 0.1) is 0 Å². The van der Waals surface area contributed by atoms with Crippen molar-refractivity contribution in [2.24, 2.45) is 0 Å². The molecule has 0 aliphatic heterocycles. The summed E-state index contributed by atoms with van der Waals surface area (Å²) in [5.41, 5.74) is 0.603. The maximum atomic E-state index is 12.6. The van der Waals surface area contributed by atoms with Crippen molar-refractivity contribution in [3.8, 4) is 0 Å².